The summed E-state index contributed by atoms with van der Waals surface area (Å²) in [5, 5.41) is 24.3. The lowest BCUT2D eigenvalue weighted by Gasteiger charge is -2.50. The average Bonchev–Trinajstić information content (AvgIpc) is 3.33. The maximum absolute atomic E-state index is 11.7. The van der Waals surface area contributed by atoms with Crippen LogP contribution in [0.4, 0.5) is 0 Å². The summed E-state index contributed by atoms with van der Waals surface area (Å²) >= 11 is 0. The second-order valence-corrected chi connectivity index (χ2v) is 9.22. The summed E-state index contributed by atoms with van der Waals surface area (Å²) in [6.45, 7) is 4.31. The third-order valence-electron chi connectivity index (χ3n) is 6.72. The number of fused-ring (bicyclic) bond motifs is 6. The molecule has 4 heterocycles. The maximum Gasteiger partial charge on any atom is 0.336 e. The van der Waals surface area contributed by atoms with Crippen molar-refractivity contribution in [2.24, 2.45) is 7.05 Å². The molecule has 1 fully saturated rings. The second kappa shape index (κ2) is 7.51. The Balaban J connectivity index is 1.69. The third kappa shape index (κ3) is 3.32. The number of aromatic nitrogens is 2. The third-order valence-corrected chi connectivity index (χ3v) is 6.72. The van der Waals surface area contributed by atoms with Crippen LogP contribution in [0.25, 0.3) is 5.70 Å². The number of carbonyl (C=O) groups is 1. The molecule has 33 heavy (non-hydrogen) atoms. The fourth-order valence-electron chi connectivity index (χ4n) is 5.01. The van der Waals surface area contributed by atoms with Crippen molar-refractivity contribution in [3.05, 3.63) is 64.9 Å². The Bertz CT molecular complexity index is 1280. The van der Waals surface area contributed by atoms with Crippen LogP contribution in [0.1, 0.15) is 55.1 Å². The van der Waals surface area contributed by atoms with Gasteiger partial charge in [0, 0.05) is 24.4 Å². The lowest BCUT2D eigenvalue weighted by molar-refractivity contribution is -0.134. The molecular formula is C25H26N4O4. The van der Waals surface area contributed by atoms with Gasteiger partial charge in [-0.05, 0) is 56.4 Å². The SMILES string of the molecule is COc1cc2c(cc1C#Cc1cncn1C)[C@H]1CCC(C)(C)N1N1C=C(C(=O)O)C(O)C=C21. The Morgan fingerprint density at radius 3 is 2.76 bits per heavy atom. The molecule has 8 nitrogen and oxygen atoms in total. The van der Waals surface area contributed by atoms with Crippen LogP contribution in [0.5, 0.6) is 5.75 Å². The first-order chi connectivity index (χ1) is 15.7. The van der Waals surface area contributed by atoms with Crippen LogP contribution >= 0.6 is 0 Å². The number of carboxylic acid groups (broad SMARTS) is 1. The van der Waals surface area contributed by atoms with Gasteiger partial charge in [-0.1, -0.05) is 5.92 Å². The number of aryl methyl sites for hydroxylation is 1. The molecule has 1 saturated heterocycles. The summed E-state index contributed by atoms with van der Waals surface area (Å²) in [6.07, 6.45) is 7.25. The molecular weight excluding hydrogens is 420 g/mol. The van der Waals surface area contributed by atoms with Crippen molar-refractivity contribution in [2.75, 3.05) is 7.11 Å². The van der Waals surface area contributed by atoms with E-state index in [0.717, 1.165) is 40.9 Å². The second-order valence-electron chi connectivity index (χ2n) is 9.22. The van der Waals surface area contributed by atoms with Crippen molar-refractivity contribution in [3.8, 4) is 17.6 Å². The molecule has 2 aromatic rings. The maximum atomic E-state index is 11.7. The van der Waals surface area contributed by atoms with E-state index in [0.29, 0.717) is 5.75 Å². The number of aliphatic hydroxyl groups excluding tert-OH is 1. The zero-order valence-electron chi connectivity index (χ0n) is 19.0. The smallest absolute Gasteiger partial charge is 0.336 e. The standard InChI is InChI=1S/C25H26N4O4/c1-25(2)8-7-20-17-9-15(5-6-16-12-26-14-27(16)3)23(33-4)10-18(17)21-11-22(30)19(24(31)32)13-28(21)29(20)25/h9-14,20,22,30H,7-8H2,1-4H3,(H,31,32)/t20-,22?/m1/s1. The summed E-state index contributed by atoms with van der Waals surface area (Å²) in [5.41, 5.74) is 4.09. The zero-order valence-corrected chi connectivity index (χ0v) is 19.0. The largest absolute Gasteiger partial charge is 0.495 e. The monoisotopic (exact) mass is 446 g/mol. The summed E-state index contributed by atoms with van der Waals surface area (Å²) in [6, 6.07) is 4.06. The minimum Gasteiger partial charge on any atom is -0.495 e. The van der Waals surface area contributed by atoms with Crippen molar-refractivity contribution in [1.82, 2.24) is 19.6 Å². The van der Waals surface area contributed by atoms with E-state index in [-0.39, 0.29) is 17.2 Å². The number of aliphatic hydroxyl groups is 1. The van der Waals surface area contributed by atoms with Gasteiger partial charge >= 0.3 is 5.97 Å². The Kier molecular flexibility index (Phi) is 4.85. The number of rotatable bonds is 2. The van der Waals surface area contributed by atoms with Crippen LogP contribution in [0.15, 0.2) is 42.5 Å². The molecule has 1 unspecified atom stereocenters. The Hall–Kier alpha value is -3.54. The van der Waals surface area contributed by atoms with Gasteiger partial charge in [0.2, 0.25) is 0 Å². The van der Waals surface area contributed by atoms with Crippen LogP contribution in [-0.4, -0.2) is 54.5 Å². The number of hydrogen-bond donors (Lipinski definition) is 2. The first kappa shape index (κ1) is 21.3. The number of benzene rings is 1. The molecule has 2 N–H and O–H groups in total. The van der Waals surface area contributed by atoms with Gasteiger partial charge in [-0.15, -0.1) is 0 Å². The molecule has 2 atom stereocenters. The molecule has 0 amide bonds. The van der Waals surface area contributed by atoms with Crippen LogP contribution in [0, 0.1) is 11.8 Å². The highest BCUT2D eigenvalue weighted by molar-refractivity contribution is 5.90. The Labute approximate surface area is 192 Å². The van der Waals surface area contributed by atoms with Crippen molar-refractivity contribution in [2.45, 2.75) is 44.4 Å². The fourth-order valence-corrected chi connectivity index (χ4v) is 5.01. The first-order valence-electron chi connectivity index (χ1n) is 10.9. The molecule has 170 valence electrons. The van der Waals surface area contributed by atoms with Crippen LogP contribution in [-0.2, 0) is 11.8 Å². The highest BCUT2D eigenvalue weighted by Crippen LogP contribution is 2.53. The van der Waals surface area contributed by atoms with E-state index in [1.54, 1.807) is 31.9 Å². The molecule has 1 aromatic heterocycles. The number of carboxylic acids is 1. The molecule has 5 rings (SSSR count). The van der Waals surface area contributed by atoms with Crippen molar-refractivity contribution in [1.29, 1.82) is 0 Å². The number of aliphatic carboxylic acids is 1. The lowest BCUT2D eigenvalue weighted by Crippen LogP contribution is -2.52. The number of ether oxygens (including phenoxy) is 1. The van der Waals surface area contributed by atoms with Crippen molar-refractivity contribution >= 4 is 11.7 Å². The van der Waals surface area contributed by atoms with E-state index < -0.39 is 12.1 Å². The number of imidazole rings is 1. The van der Waals surface area contributed by atoms with Gasteiger partial charge in [0.1, 0.15) is 17.5 Å². The van der Waals surface area contributed by atoms with E-state index in [2.05, 4.69) is 41.7 Å². The summed E-state index contributed by atoms with van der Waals surface area (Å²) in [7, 11) is 3.50. The average molecular weight is 447 g/mol. The van der Waals surface area contributed by atoms with E-state index in [9.17, 15) is 15.0 Å². The van der Waals surface area contributed by atoms with E-state index in [4.69, 9.17) is 4.74 Å². The summed E-state index contributed by atoms with van der Waals surface area (Å²) < 4.78 is 7.53. The zero-order chi connectivity index (χ0) is 23.5. The molecule has 3 aliphatic heterocycles. The van der Waals surface area contributed by atoms with E-state index in [1.165, 1.54) is 0 Å². The Morgan fingerprint density at radius 2 is 2.09 bits per heavy atom. The van der Waals surface area contributed by atoms with Gasteiger partial charge in [0.05, 0.1) is 42.5 Å². The molecule has 0 aliphatic carbocycles. The van der Waals surface area contributed by atoms with Crippen LogP contribution < -0.4 is 4.74 Å². The van der Waals surface area contributed by atoms with Gasteiger partial charge in [-0.2, -0.15) is 0 Å². The molecule has 0 saturated carbocycles. The number of methoxy groups -OCH3 is 1. The van der Waals surface area contributed by atoms with Gasteiger partial charge < -0.3 is 19.5 Å². The van der Waals surface area contributed by atoms with Gasteiger partial charge in [-0.25, -0.2) is 14.8 Å². The van der Waals surface area contributed by atoms with Crippen LogP contribution in [0.3, 0.4) is 0 Å². The van der Waals surface area contributed by atoms with E-state index in [1.807, 2.05) is 22.7 Å². The molecule has 8 heteroatoms. The van der Waals surface area contributed by atoms with Gasteiger partial charge in [-0.3, -0.25) is 5.01 Å². The minimum absolute atomic E-state index is 0.0470. The topological polar surface area (TPSA) is 91.1 Å². The molecule has 1 aromatic carbocycles. The predicted octanol–water partition coefficient (Wildman–Crippen LogP) is 2.66. The fraction of sp³-hybridized carbons (Fsp3) is 0.360. The highest BCUT2D eigenvalue weighted by Gasteiger charge is 2.49. The van der Waals surface area contributed by atoms with E-state index >= 15 is 0 Å². The highest BCUT2D eigenvalue weighted by atomic mass is 16.5. The summed E-state index contributed by atoms with van der Waals surface area (Å²) in [4.78, 5) is 15.8. The normalized spacial score (nSPS) is 22.9. The number of nitrogens with zero attached hydrogens (tertiary/aromatic N) is 4. The van der Waals surface area contributed by atoms with Gasteiger partial charge in [0.15, 0.2) is 0 Å². The Morgan fingerprint density at radius 1 is 1.30 bits per heavy atom. The van der Waals surface area contributed by atoms with Gasteiger partial charge in [0.25, 0.3) is 0 Å². The number of hydrazine groups is 1. The van der Waals surface area contributed by atoms with Crippen molar-refractivity contribution in [3.63, 3.8) is 0 Å². The lowest BCUT2D eigenvalue weighted by atomic mass is 9.89. The molecule has 0 spiro atoms. The molecule has 3 aliphatic rings. The molecule has 0 bridgehead atoms. The quantitative estimate of drug-likeness (QED) is 0.686. The summed E-state index contributed by atoms with van der Waals surface area (Å²) in [5.74, 6) is 5.89. The van der Waals surface area contributed by atoms with Crippen molar-refractivity contribution < 1.29 is 19.7 Å². The first-order valence-corrected chi connectivity index (χ1v) is 10.9. The number of hydrogen-bond acceptors (Lipinski definition) is 6. The molecule has 0 radical (unpaired) electrons. The predicted molar refractivity (Wildman–Crippen MR) is 122 cm³/mol. The van der Waals surface area contributed by atoms with Crippen LogP contribution in [0.2, 0.25) is 0 Å². The minimum atomic E-state index is -1.20.